The molecular formula is C22H27N3O4S. The predicted molar refractivity (Wildman–Crippen MR) is 113 cm³/mol. The molecule has 0 saturated carbocycles. The summed E-state index contributed by atoms with van der Waals surface area (Å²) in [7, 11) is 1.45. The number of methoxy groups -OCH3 is 1. The van der Waals surface area contributed by atoms with E-state index in [1.54, 1.807) is 5.51 Å². The van der Waals surface area contributed by atoms with Gasteiger partial charge in [-0.3, -0.25) is 14.5 Å². The van der Waals surface area contributed by atoms with E-state index in [1.807, 2.05) is 16.3 Å². The number of likely N-dealkylation sites (tertiary alicyclic amines) is 1. The van der Waals surface area contributed by atoms with Gasteiger partial charge in [0.1, 0.15) is 18.4 Å². The number of nitrogens with zero attached hydrogens (tertiary/aromatic N) is 3. The van der Waals surface area contributed by atoms with Crippen molar-refractivity contribution in [2.75, 3.05) is 26.8 Å². The van der Waals surface area contributed by atoms with Crippen molar-refractivity contribution in [3.63, 3.8) is 0 Å². The van der Waals surface area contributed by atoms with Gasteiger partial charge in [0.25, 0.3) is 0 Å². The van der Waals surface area contributed by atoms with E-state index in [9.17, 15) is 9.59 Å². The quantitative estimate of drug-likeness (QED) is 0.681. The number of rotatable bonds is 5. The summed E-state index contributed by atoms with van der Waals surface area (Å²) < 4.78 is 10.9. The van der Waals surface area contributed by atoms with Gasteiger partial charge in [-0.25, -0.2) is 4.98 Å². The maximum atomic E-state index is 12.8. The first-order valence-electron chi connectivity index (χ1n) is 10.4. The highest BCUT2D eigenvalue weighted by Gasteiger charge is 2.29. The molecule has 4 rings (SSSR count). The third kappa shape index (κ3) is 4.82. The maximum Gasteiger partial charge on any atom is 0.323 e. The summed E-state index contributed by atoms with van der Waals surface area (Å²) in [6.07, 6.45) is 3.28. The molecule has 0 aliphatic carbocycles. The lowest BCUT2D eigenvalue weighted by atomic mass is 10.0. The van der Waals surface area contributed by atoms with Crippen molar-refractivity contribution in [2.24, 2.45) is 0 Å². The zero-order valence-electron chi connectivity index (χ0n) is 17.2. The second-order valence-electron chi connectivity index (χ2n) is 7.77. The fraction of sp³-hybridized carbons (Fsp3) is 0.500. The standard InChI is InChI=1S/C22H27N3O4S/c1-28-22(27)19-4-2-3-7-24(19)12-16-5-6-20-17(10-16)13-25(8-9-29-20)21(26)11-18-14-30-15-23-18/h5-6,10,14-15,19H,2-4,7-9,11-13H2,1H3. The van der Waals surface area contributed by atoms with Crippen molar-refractivity contribution in [1.82, 2.24) is 14.8 Å². The molecule has 1 fully saturated rings. The number of benzene rings is 1. The number of thiazole rings is 1. The molecule has 2 aliphatic rings. The number of ether oxygens (including phenoxy) is 2. The molecule has 1 saturated heterocycles. The lowest BCUT2D eigenvalue weighted by molar-refractivity contribution is -0.148. The summed E-state index contributed by atoms with van der Waals surface area (Å²) in [6.45, 7) is 3.12. The largest absolute Gasteiger partial charge is 0.491 e. The molecule has 1 aromatic heterocycles. The highest BCUT2D eigenvalue weighted by atomic mass is 32.1. The van der Waals surface area contributed by atoms with E-state index < -0.39 is 0 Å². The number of amides is 1. The first kappa shape index (κ1) is 20.8. The van der Waals surface area contributed by atoms with Crippen molar-refractivity contribution in [3.8, 4) is 5.75 Å². The summed E-state index contributed by atoms with van der Waals surface area (Å²) in [5.74, 6) is 0.724. The van der Waals surface area contributed by atoms with Crippen molar-refractivity contribution < 1.29 is 19.1 Å². The first-order chi connectivity index (χ1) is 14.6. The normalized spacial score (nSPS) is 19.5. The van der Waals surface area contributed by atoms with E-state index in [4.69, 9.17) is 9.47 Å². The van der Waals surface area contributed by atoms with Crippen molar-refractivity contribution in [3.05, 3.63) is 45.9 Å². The molecule has 30 heavy (non-hydrogen) atoms. The van der Waals surface area contributed by atoms with Crippen LogP contribution in [0.5, 0.6) is 5.75 Å². The van der Waals surface area contributed by atoms with Gasteiger partial charge in [-0.05, 0) is 37.1 Å². The van der Waals surface area contributed by atoms with Gasteiger partial charge < -0.3 is 14.4 Å². The Morgan fingerprint density at radius 1 is 1.30 bits per heavy atom. The summed E-state index contributed by atoms with van der Waals surface area (Å²) in [6, 6.07) is 5.95. The van der Waals surface area contributed by atoms with E-state index in [2.05, 4.69) is 22.0 Å². The van der Waals surface area contributed by atoms with Crippen LogP contribution in [0.4, 0.5) is 0 Å². The monoisotopic (exact) mass is 429 g/mol. The lowest BCUT2D eigenvalue weighted by Crippen LogP contribution is -2.44. The molecule has 3 heterocycles. The maximum absolute atomic E-state index is 12.8. The summed E-state index contributed by atoms with van der Waals surface area (Å²) >= 11 is 1.50. The molecule has 8 heteroatoms. The Labute approximate surface area is 180 Å². The Balaban J connectivity index is 1.47. The second-order valence-corrected chi connectivity index (χ2v) is 8.49. The average Bonchev–Trinajstić information content (AvgIpc) is 3.17. The average molecular weight is 430 g/mol. The van der Waals surface area contributed by atoms with Crippen molar-refractivity contribution in [2.45, 2.75) is 44.8 Å². The Morgan fingerprint density at radius 3 is 3.00 bits per heavy atom. The molecule has 1 amide bonds. The predicted octanol–water partition coefficient (Wildman–Crippen LogP) is 2.63. The SMILES string of the molecule is COC(=O)C1CCCCN1Cc1ccc2c(c1)CN(C(=O)Cc1cscn1)CCO2. The van der Waals surface area contributed by atoms with E-state index in [0.29, 0.717) is 32.7 Å². The zero-order valence-corrected chi connectivity index (χ0v) is 18.0. The fourth-order valence-corrected chi connectivity index (χ4v) is 4.73. The van der Waals surface area contributed by atoms with Crippen LogP contribution in [0.25, 0.3) is 0 Å². The minimum absolute atomic E-state index is 0.0598. The molecule has 2 aromatic rings. The lowest BCUT2D eigenvalue weighted by Gasteiger charge is -2.33. The van der Waals surface area contributed by atoms with Crippen LogP contribution < -0.4 is 4.74 Å². The number of aromatic nitrogens is 1. The van der Waals surface area contributed by atoms with Gasteiger partial charge in [0.2, 0.25) is 5.91 Å². The van der Waals surface area contributed by atoms with Crippen LogP contribution in [0, 0.1) is 0 Å². The Morgan fingerprint density at radius 2 is 2.20 bits per heavy atom. The molecule has 0 bridgehead atoms. The number of esters is 1. The number of hydrogen-bond donors (Lipinski definition) is 0. The molecular weight excluding hydrogens is 402 g/mol. The van der Waals surface area contributed by atoms with Crippen LogP contribution in [-0.2, 0) is 33.8 Å². The number of piperidine rings is 1. The van der Waals surface area contributed by atoms with E-state index in [0.717, 1.165) is 48.4 Å². The molecule has 0 N–H and O–H groups in total. The van der Waals surface area contributed by atoms with Crippen LogP contribution >= 0.6 is 11.3 Å². The highest BCUT2D eigenvalue weighted by molar-refractivity contribution is 7.07. The molecule has 1 aromatic carbocycles. The van der Waals surface area contributed by atoms with Gasteiger partial charge in [-0.2, -0.15) is 0 Å². The minimum Gasteiger partial charge on any atom is -0.491 e. The molecule has 1 atom stereocenters. The molecule has 7 nitrogen and oxygen atoms in total. The van der Waals surface area contributed by atoms with Gasteiger partial charge in [0.05, 0.1) is 31.3 Å². The van der Waals surface area contributed by atoms with E-state index in [1.165, 1.54) is 18.4 Å². The van der Waals surface area contributed by atoms with Crippen LogP contribution in [-0.4, -0.2) is 59.5 Å². The summed E-state index contributed by atoms with van der Waals surface area (Å²) in [4.78, 5) is 33.2. The number of carbonyl (C=O) groups is 2. The van der Waals surface area contributed by atoms with Gasteiger partial charge >= 0.3 is 5.97 Å². The third-order valence-corrected chi connectivity index (χ3v) is 6.38. The molecule has 1 unspecified atom stereocenters. The van der Waals surface area contributed by atoms with Gasteiger partial charge in [-0.1, -0.05) is 12.5 Å². The van der Waals surface area contributed by atoms with Crippen LogP contribution in [0.3, 0.4) is 0 Å². The van der Waals surface area contributed by atoms with Crippen molar-refractivity contribution in [1.29, 1.82) is 0 Å². The van der Waals surface area contributed by atoms with Crippen LogP contribution in [0.15, 0.2) is 29.1 Å². The Kier molecular flexibility index (Phi) is 6.64. The van der Waals surface area contributed by atoms with Gasteiger partial charge in [0, 0.05) is 24.0 Å². The van der Waals surface area contributed by atoms with Gasteiger partial charge in [0.15, 0.2) is 0 Å². The third-order valence-electron chi connectivity index (χ3n) is 5.75. The Hall–Kier alpha value is -2.45. The summed E-state index contributed by atoms with van der Waals surface area (Å²) in [5, 5.41) is 1.91. The van der Waals surface area contributed by atoms with E-state index in [-0.39, 0.29) is 17.9 Å². The first-order valence-corrected chi connectivity index (χ1v) is 11.3. The minimum atomic E-state index is -0.185. The summed E-state index contributed by atoms with van der Waals surface area (Å²) in [5.41, 5.74) is 4.67. The number of carbonyl (C=O) groups excluding carboxylic acids is 2. The van der Waals surface area contributed by atoms with Crippen LogP contribution in [0.1, 0.15) is 36.1 Å². The topological polar surface area (TPSA) is 72.0 Å². The Bertz CT molecular complexity index is 887. The number of hydrogen-bond acceptors (Lipinski definition) is 7. The van der Waals surface area contributed by atoms with E-state index >= 15 is 0 Å². The number of fused-ring (bicyclic) bond motifs is 1. The fourth-order valence-electron chi connectivity index (χ4n) is 4.17. The zero-order chi connectivity index (χ0) is 20.9. The molecule has 0 radical (unpaired) electrons. The smallest absolute Gasteiger partial charge is 0.323 e. The molecule has 160 valence electrons. The highest BCUT2D eigenvalue weighted by Crippen LogP contribution is 2.27. The van der Waals surface area contributed by atoms with Crippen molar-refractivity contribution >= 4 is 23.2 Å². The van der Waals surface area contributed by atoms with Crippen LogP contribution in [0.2, 0.25) is 0 Å². The molecule has 0 spiro atoms. The van der Waals surface area contributed by atoms with Gasteiger partial charge in [-0.15, -0.1) is 11.3 Å². The second kappa shape index (κ2) is 9.57. The molecule has 2 aliphatic heterocycles.